The molecule has 2 N–H and O–H groups in total. The predicted molar refractivity (Wildman–Crippen MR) is 83.6 cm³/mol. The number of carbonyl (C=O) groups excluding carboxylic acids is 2. The Morgan fingerprint density at radius 2 is 1.68 bits per heavy atom. The number of hydrogen-bond donors (Lipinski definition) is 2. The molecule has 128 valence electrons. The Hall–Kier alpha value is -1.44. The van der Waals surface area contributed by atoms with Crippen LogP contribution in [0.4, 0.5) is 4.79 Å². The molecule has 0 unspecified atom stereocenters. The third-order valence-corrected chi connectivity index (χ3v) is 3.59. The van der Waals surface area contributed by atoms with Crippen molar-refractivity contribution in [1.29, 1.82) is 0 Å². The van der Waals surface area contributed by atoms with Crippen LogP contribution in [0.2, 0.25) is 0 Å². The minimum absolute atomic E-state index is 0.0824. The van der Waals surface area contributed by atoms with Gasteiger partial charge in [0.25, 0.3) is 0 Å². The number of alkyl carbamates (subject to hydrolysis) is 1. The molecule has 0 aromatic rings. The van der Waals surface area contributed by atoms with Crippen molar-refractivity contribution < 1.29 is 29.0 Å². The lowest BCUT2D eigenvalue weighted by Gasteiger charge is -2.23. The van der Waals surface area contributed by atoms with E-state index in [1.807, 2.05) is 20.8 Å². The Morgan fingerprint density at radius 3 is 2.09 bits per heavy atom. The number of esters is 1. The SMILES string of the molecule is CC(C)C(=O)O[C@@H](C)OC(=O)NC[C@H](SC(C)(C)C)C(=O)O. The van der Waals surface area contributed by atoms with Gasteiger partial charge >= 0.3 is 18.0 Å². The van der Waals surface area contributed by atoms with E-state index in [0.29, 0.717) is 0 Å². The Labute approximate surface area is 135 Å². The molecule has 0 bridgehead atoms. The molecule has 0 aromatic heterocycles. The lowest BCUT2D eigenvalue weighted by molar-refractivity contribution is -0.168. The van der Waals surface area contributed by atoms with E-state index in [1.165, 1.54) is 18.7 Å². The normalized spacial score (nSPS) is 14.1. The molecular formula is C14H25NO6S. The Bertz CT molecular complexity index is 405. The Balaban J connectivity index is 4.30. The van der Waals surface area contributed by atoms with Crippen LogP contribution in [0.3, 0.4) is 0 Å². The van der Waals surface area contributed by atoms with Crippen LogP contribution in [-0.2, 0) is 19.1 Å². The highest BCUT2D eigenvalue weighted by Gasteiger charge is 2.26. The number of rotatable bonds is 7. The molecule has 0 spiro atoms. The first-order valence-electron chi connectivity index (χ1n) is 6.98. The standard InChI is InChI=1S/C14H25NO6S/c1-8(2)12(18)20-9(3)21-13(19)15-7-10(11(16)17)22-14(4,5)6/h8-10H,7H2,1-6H3,(H,15,19)(H,16,17)/t9-,10+/m1/s1. The van der Waals surface area contributed by atoms with E-state index in [-0.39, 0.29) is 17.2 Å². The van der Waals surface area contributed by atoms with Gasteiger partial charge in [-0.2, -0.15) is 0 Å². The molecular weight excluding hydrogens is 310 g/mol. The second-order valence-electron chi connectivity index (χ2n) is 6.00. The monoisotopic (exact) mass is 335 g/mol. The van der Waals surface area contributed by atoms with Gasteiger partial charge in [0.15, 0.2) is 0 Å². The van der Waals surface area contributed by atoms with Gasteiger partial charge in [0.2, 0.25) is 6.29 Å². The number of carboxylic acid groups (broad SMARTS) is 1. The summed E-state index contributed by atoms with van der Waals surface area (Å²) >= 11 is 1.23. The van der Waals surface area contributed by atoms with Crippen molar-refractivity contribution in [3.63, 3.8) is 0 Å². The first-order chi connectivity index (χ1) is 9.92. The summed E-state index contributed by atoms with van der Waals surface area (Å²) in [6.45, 7) is 10.3. The number of aliphatic carboxylic acids is 1. The minimum Gasteiger partial charge on any atom is -0.480 e. The average Bonchev–Trinajstić information content (AvgIpc) is 2.32. The molecule has 1 amide bonds. The first-order valence-corrected chi connectivity index (χ1v) is 7.86. The van der Waals surface area contributed by atoms with Crippen LogP contribution in [0, 0.1) is 5.92 Å². The van der Waals surface area contributed by atoms with E-state index in [9.17, 15) is 14.4 Å². The molecule has 0 radical (unpaired) electrons. The Morgan fingerprint density at radius 1 is 1.14 bits per heavy atom. The van der Waals surface area contributed by atoms with Crippen LogP contribution >= 0.6 is 11.8 Å². The lowest BCUT2D eigenvalue weighted by atomic mass is 10.2. The molecule has 2 atom stereocenters. The van der Waals surface area contributed by atoms with Gasteiger partial charge in [0.05, 0.1) is 5.92 Å². The second-order valence-corrected chi connectivity index (χ2v) is 8.03. The van der Waals surface area contributed by atoms with E-state index >= 15 is 0 Å². The largest absolute Gasteiger partial charge is 0.480 e. The first kappa shape index (κ1) is 20.6. The number of amides is 1. The average molecular weight is 335 g/mol. The fraction of sp³-hybridized carbons (Fsp3) is 0.786. The third kappa shape index (κ3) is 9.49. The van der Waals surface area contributed by atoms with Crippen molar-refractivity contribution in [2.24, 2.45) is 5.92 Å². The van der Waals surface area contributed by atoms with Crippen LogP contribution in [0.25, 0.3) is 0 Å². The maximum atomic E-state index is 11.6. The van der Waals surface area contributed by atoms with Gasteiger partial charge in [0.1, 0.15) is 5.25 Å². The van der Waals surface area contributed by atoms with Gasteiger partial charge in [-0.05, 0) is 0 Å². The summed E-state index contributed by atoms with van der Waals surface area (Å²) in [5.74, 6) is -1.82. The van der Waals surface area contributed by atoms with Gasteiger partial charge in [0, 0.05) is 18.2 Å². The van der Waals surface area contributed by atoms with Gasteiger partial charge < -0.3 is 19.9 Å². The zero-order valence-corrected chi connectivity index (χ0v) is 14.7. The number of carbonyl (C=O) groups is 3. The van der Waals surface area contributed by atoms with Crippen LogP contribution in [0.15, 0.2) is 0 Å². The molecule has 22 heavy (non-hydrogen) atoms. The zero-order chi connectivity index (χ0) is 17.5. The van der Waals surface area contributed by atoms with Crippen molar-refractivity contribution in [1.82, 2.24) is 5.32 Å². The molecule has 0 saturated carbocycles. The van der Waals surface area contributed by atoms with Gasteiger partial charge in [-0.25, -0.2) is 4.79 Å². The van der Waals surface area contributed by atoms with Crippen LogP contribution < -0.4 is 5.32 Å². The van der Waals surface area contributed by atoms with Crippen LogP contribution in [0.1, 0.15) is 41.5 Å². The molecule has 0 aliphatic heterocycles. The van der Waals surface area contributed by atoms with E-state index in [1.54, 1.807) is 13.8 Å². The highest BCUT2D eigenvalue weighted by Crippen LogP contribution is 2.27. The third-order valence-electron chi connectivity index (χ3n) is 2.23. The van der Waals surface area contributed by atoms with E-state index < -0.39 is 29.6 Å². The summed E-state index contributed by atoms with van der Waals surface area (Å²) in [7, 11) is 0. The minimum atomic E-state index is -1.03. The molecule has 0 fully saturated rings. The predicted octanol–water partition coefficient (Wildman–Crippen LogP) is 2.24. The fourth-order valence-electron chi connectivity index (χ4n) is 1.30. The molecule has 7 nitrogen and oxygen atoms in total. The van der Waals surface area contributed by atoms with Crippen molar-refractivity contribution >= 4 is 29.8 Å². The second kappa shape index (κ2) is 8.87. The maximum Gasteiger partial charge on any atom is 0.410 e. The van der Waals surface area contributed by atoms with Crippen molar-refractivity contribution in [2.45, 2.75) is 57.8 Å². The van der Waals surface area contributed by atoms with Gasteiger partial charge in [-0.15, -0.1) is 11.8 Å². The van der Waals surface area contributed by atoms with E-state index in [0.717, 1.165) is 0 Å². The summed E-state index contributed by atoms with van der Waals surface area (Å²) in [4.78, 5) is 34.1. The lowest BCUT2D eigenvalue weighted by Crippen LogP contribution is -2.38. The highest BCUT2D eigenvalue weighted by atomic mass is 32.2. The number of carboxylic acids is 1. The van der Waals surface area contributed by atoms with Gasteiger partial charge in [-0.3, -0.25) is 9.59 Å². The van der Waals surface area contributed by atoms with Crippen LogP contribution in [-0.4, -0.2) is 46.0 Å². The molecule has 0 aliphatic carbocycles. The molecule has 0 aromatic carbocycles. The summed E-state index contributed by atoms with van der Waals surface area (Å²) in [6.07, 6.45) is -1.86. The van der Waals surface area contributed by atoms with Crippen molar-refractivity contribution in [2.75, 3.05) is 6.54 Å². The summed E-state index contributed by atoms with van der Waals surface area (Å²) in [5, 5.41) is 10.7. The number of ether oxygens (including phenoxy) is 2. The number of nitrogens with one attached hydrogen (secondary N) is 1. The molecule has 0 aliphatic rings. The van der Waals surface area contributed by atoms with Crippen molar-refractivity contribution in [3.8, 4) is 0 Å². The smallest absolute Gasteiger partial charge is 0.410 e. The fourth-order valence-corrected chi connectivity index (χ4v) is 2.42. The summed E-state index contributed by atoms with van der Waals surface area (Å²) in [5.41, 5.74) is 0. The highest BCUT2D eigenvalue weighted by molar-refractivity contribution is 8.01. The van der Waals surface area contributed by atoms with E-state index in [2.05, 4.69) is 5.32 Å². The number of hydrogen-bond acceptors (Lipinski definition) is 6. The molecule has 0 heterocycles. The van der Waals surface area contributed by atoms with Crippen LogP contribution in [0.5, 0.6) is 0 Å². The molecule has 8 heteroatoms. The Kier molecular flexibility index (Phi) is 8.29. The van der Waals surface area contributed by atoms with Gasteiger partial charge in [-0.1, -0.05) is 34.6 Å². The summed E-state index contributed by atoms with van der Waals surface area (Å²) < 4.78 is 9.45. The quantitative estimate of drug-likeness (QED) is 0.543. The maximum absolute atomic E-state index is 11.6. The topological polar surface area (TPSA) is 102 Å². The summed E-state index contributed by atoms with van der Waals surface area (Å²) in [6, 6.07) is 0. The molecule has 0 saturated heterocycles. The molecule has 0 rings (SSSR count). The number of thioether (sulfide) groups is 1. The van der Waals surface area contributed by atoms with E-state index in [4.69, 9.17) is 14.6 Å². The zero-order valence-electron chi connectivity index (χ0n) is 13.8. The van der Waals surface area contributed by atoms with Crippen molar-refractivity contribution in [3.05, 3.63) is 0 Å².